The zero-order valence-corrected chi connectivity index (χ0v) is 14.3. The Labute approximate surface area is 145 Å². The van der Waals surface area contributed by atoms with Gasteiger partial charge < -0.3 is 15.0 Å². The first kappa shape index (κ1) is 16.5. The van der Waals surface area contributed by atoms with Gasteiger partial charge in [-0.3, -0.25) is 9.59 Å². The average molecular weight is 344 g/mol. The highest BCUT2D eigenvalue weighted by Crippen LogP contribution is 2.18. The van der Waals surface area contributed by atoms with Gasteiger partial charge in [0.2, 0.25) is 0 Å². The Morgan fingerprint density at radius 2 is 1.88 bits per heavy atom. The van der Waals surface area contributed by atoms with Crippen molar-refractivity contribution in [3.05, 3.63) is 52.2 Å². The van der Waals surface area contributed by atoms with Crippen LogP contribution in [0.1, 0.15) is 32.9 Å². The highest BCUT2D eigenvalue weighted by Gasteiger charge is 2.25. The fourth-order valence-corrected chi connectivity index (χ4v) is 3.48. The van der Waals surface area contributed by atoms with Crippen LogP contribution in [0.15, 0.2) is 41.8 Å². The summed E-state index contributed by atoms with van der Waals surface area (Å²) in [5, 5.41) is 4.96. The lowest BCUT2D eigenvalue weighted by atomic mass is 10.0. The first-order chi connectivity index (χ1) is 11.7. The summed E-state index contributed by atoms with van der Waals surface area (Å²) >= 11 is 1.47. The smallest absolute Gasteiger partial charge is 0.263 e. The van der Waals surface area contributed by atoms with E-state index >= 15 is 0 Å². The number of nitrogens with one attached hydrogen (secondary N) is 1. The van der Waals surface area contributed by atoms with E-state index in [9.17, 15) is 9.59 Å². The second-order valence-corrected chi connectivity index (χ2v) is 6.69. The number of piperidine rings is 1. The van der Waals surface area contributed by atoms with Crippen LogP contribution in [0.2, 0.25) is 0 Å². The molecule has 0 saturated carbocycles. The average Bonchev–Trinajstić information content (AvgIpc) is 3.16. The van der Waals surface area contributed by atoms with Crippen LogP contribution in [0.25, 0.3) is 0 Å². The van der Waals surface area contributed by atoms with Gasteiger partial charge >= 0.3 is 0 Å². The van der Waals surface area contributed by atoms with E-state index in [0.717, 1.165) is 23.5 Å². The zero-order valence-electron chi connectivity index (χ0n) is 13.5. The Bertz CT molecular complexity index is 690. The van der Waals surface area contributed by atoms with Crippen LogP contribution in [0.5, 0.6) is 5.75 Å². The lowest BCUT2D eigenvalue weighted by Gasteiger charge is -2.32. The third-order valence-corrected chi connectivity index (χ3v) is 5.06. The fourth-order valence-electron chi connectivity index (χ4n) is 2.79. The molecule has 126 valence electrons. The maximum absolute atomic E-state index is 12.3. The molecule has 0 bridgehead atoms. The van der Waals surface area contributed by atoms with Gasteiger partial charge in [-0.15, -0.1) is 11.3 Å². The van der Waals surface area contributed by atoms with E-state index in [2.05, 4.69) is 5.32 Å². The van der Waals surface area contributed by atoms with Crippen molar-refractivity contribution in [2.24, 2.45) is 0 Å². The Morgan fingerprint density at radius 3 is 2.46 bits per heavy atom. The van der Waals surface area contributed by atoms with E-state index < -0.39 is 0 Å². The number of thiophene rings is 1. The third kappa shape index (κ3) is 3.76. The molecule has 2 amide bonds. The number of carbonyl (C=O) groups excluding carboxylic acids is 2. The summed E-state index contributed by atoms with van der Waals surface area (Å²) in [6.45, 7) is 1.34. The summed E-state index contributed by atoms with van der Waals surface area (Å²) in [6.07, 6.45) is 1.55. The van der Waals surface area contributed by atoms with Gasteiger partial charge in [0.25, 0.3) is 11.8 Å². The summed E-state index contributed by atoms with van der Waals surface area (Å²) in [7, 11) is 1.60. The van der Waals surface area contributed by atoms with Crippen LogP contribution in [-0.2, 0) is 0 Å². The van der Waals surface area contributed by atoms with Gasteiger partial charge in [-0.1, -0.05) is 6.07 Å². The minimum Gasteiger partial charge on any atom is -0.497 e. The molecule has 0 atom stereocenters. The van der Waals surface area contributed by atoms with E-state index in [4.69, 9.17) is 4.74 Å². The number of nitrogens with zero attached hydrogens (tertiary/aromatic N) is 1. The molecule has 0 unspecified atom stereocenters. The molecule has 1 aromatic carbocycles. The minimum absolute atomic E-state index is 0.0827. The van der Waals surface area contributed by atoms with Crippen LogP contribution in [0, 0.1) is 0 Å². The maximum atomic E-state index is 12.3. The number of methoxy groups -OCH3 is 1. The van der Waals surface area contributed by atoms with Gasteiger partial charge in [-0.2, -0.15) is 0 Å². The number of hydrogen-bond acceptors (Lipinski definition) is 4. The number of rotatable bonds is 4. The van der Waals surface area contributed by atoms with Crippen LogP contribution in [-0.4, -0.2) is 43.0 Å². The van der Waals surface area contributed by atoms with Gasteiger partial charge in [-0.05, 0) is 48.6 Å². The molecule has 2 heterocycles. The Balaban J connectivity index is 1.51. The number of carbonyl (C=O) groups is 2. The summed E-state index contributed by atoms with van der Waals surface area (Å²) in [5.41, 5.74) is 0.618. The van der Waals surface area contributed by atoms with Gasteiger partial charge in [0, 0.05) is 24.7 Å². The SMILES string of the molecule is COc1ccc(C(=O)NC2CCN(C(=O)c3cccs3)CC2)cc1. The molecule has 2 aromatic rings. The molecule has 1 N–H and O–H groups in total. The summed E-state index contributed by atoms with van der Waals surface area (Å²) in [5.74, 6) is 0.734. The molecule has 0 aliphatic carbocycles. The minimum atomic E-state index is -0.0827. The zero-order chi connectivity index (χ0) is 16.9. The Morgan fingerprint density at radius 1 is 1.17 bits per heavy atom. The normalized spacial score (nSPS) is 15.1. The second-order valence-electron chi connectivity index (χ2n) is 5.75. The topological polar surface area (TPSA) is 58.6 Å². The van der Waals surface area contributed by atoms with Crippen molar-refractivity contribution in [3.63, 3.8) is 0 Å². The second kappa shape index (κ2) is 7.49. The van der Waals surface area contributed by atoms with Crippen molar-refractivity contribution in [3.8, 4) is 5.75 Å². The fraction of sp³-hybridized carbons (Fsp3) is 0.333. The highest BCUT2D eigenvalue weighted by molar-refractivity contribution is 7.12. The predicted octanol–water partition coefficient (Wildman–Crippen LogP) is 2.79. The molecule has 5 nitrogen and oxygen atoms in total. The number of hydrogen-bond donors (Lipinski definition) is 1. The number of likely N-dealkylation sites (tertiary alicyclic amines) is 1. The molecular weight excluding hydrogens is 324 g/mol. The molecule has 1 aliphatic heterocycles. The van der Waals surface area contributed by atoms with E-state index in [-0.39, 0.29) is 17.9 Å². The molecule has 1 aromatic heterocycles. The Kier molecular flexibility index (Phi) is 5.15. The third-order valence-electron chi connectivity index (χ3n) is 4.20. The summed E-state index contributed by atoms with van der Waals surface area (Å²) in [6, 6.07) is 10.9. The number of ether oxygens (including phenoxy) is 1. The molecule has 0 radical (unpaired) electrons. The van der Waals surface area contributed by atoms with Gasteiger partial charge in [0.1, 0.15) is 5.75 Å². The molecule has 1 saturated heterocycles. The number of amides is 2. The first-order valence-corrected chi connectivity index (χ1v) is 8.83. The Hall–Kier alpha value is -2.34. The van der Waals surface area contributed by atoms with Crippen molar-refractivity contribution in [1.82, 2.24) is 10.2 Å². The number of benzene rings is 1. The molecule has 6 heteroatoms. The highest BCUT2D eigenvalue weighted by atomic mass is 32.1. The van der Waals surface area contributed by atoms with E-state index in [1.165, 1.54) is 11.3 Å². The first-order valence-electron chi connectivity index (χ1n) is 7.95. The standard InChI is InChI=1S/C18H20N2O3S/c1-23-15-6-4-13(5-7-15)17(21)19-14-8-10-20(11-9-14)18(22)16-3-2-12-24-16/h2-7,12,14H,8-11H2,1H3,(H,19,21). The van der Waals surface area contributed by atoms with Crippen molar-refractivity contribution >= 4 is 23.2 Å². The van der Waals surface area contributed by atoms with Crippen molar-refractivity contribution in [2.45, 2.75) is 18.9 Å². The van der Waals surface area contributed by atoms with Crippen LogP contribution in [0.4, 0.5) is 0 Å². The molecule has 24 heavy (non-hydrogen) atoms. The maximum Gasteiger partial charge on any atom is 0.263 e. The molecule has 0 spiro atoms. The van der Waals surface area contributed by atoms with Crippen molar-refractivity contribution < 1.29 is 14.3 Å². The predicted molar refractivity (Wildman–Crippen MR) is 93.7 cm³/mol. The van der Waals surface area contributed by atoms with E-state index in [1.54, 1.807) is 31.4 Å². The van der Waals surface area contributed by atoms with Gasteiger partial charge in [0.15, 0.2) is 0 Å². The van der Waals surface area contributed by atoms with Crippen LogP contribution in [0.3, 0.4) is 0 Å². The largest absolute Gasteiger partial charge is 0.497 e. The molecule has 1 fully saturated rings. The molecule has 1 aliphatic rings. The summed E-state index contributed by atoms with van der Waals surface area (Å²) < 4.78 is 5.10. The van der Waals surface area contributed by atoms with E-state index in [0.29, 0.717) is 18.7 Å². The monoisotopic (exact) mass is 344 g/mol. The van der Waals surface area contributed by atoms with Crippen molar-refractivity contribution in [1.29, 1.82) is 0 Å². The summed E-state index contributed by atoms with van der Waals surface area (Å²) in [4.78, 5) is 27.2. The quantitative estimate of drug-likeness (QED) is 0.928. The lowest BCUT2D eigenvalue weighted by molar-refractivity contribution is 0.0703. The lowest BCUT2D eigenvalue weighted by Crippen LogP contribution is -2.46. The van der Waals surface area contributed by atoms with Gasteiger partial charge in [0.05, 0.1) is 12.0 Å². The van der Waals surface area contributed by atoms with Gasteiger partial charge in [-0.25, -0.2) is 0 Å². The van der Waals surface area contributed by atoms with Crippen LogP contribution < -0.4 is 10.1 Å². The molecular formula is C18H20N2O3S. The van der Waals surface area contributed by atoms with Crippen LogP contribution >= 0.6 is 11.3 Å². The van der Waals surface area contributed by atoms with Crippen molar-refractivity contribution in [2.75, 3.05) is 20.2 Å². The molecule has 3 rings (SSSR count). The van der Waals surface area contributed by atoms with E-state index in [1.807, 2.05) is 22.4 Å².